The van der Waals surface area contributed by atoms with E-state index >= 15 is 0 Å². The lowest BCUT2D eigenvalue weighted by molar-refractivity contribution is -0.120. The second kappa shape index (κ2) is 5.67. The molecule has 0 aromatic heterocycles. The van der Waals surface area contributed by atoms with Crippen molar-refractivity contribution in [2.24, 2.45) is 17.4 Å². The van der Waals surface area contributed by atoms with E-state index < -0.39 is 6.04 Å². The topological polar surface area (TPSA) is 69.1 Å². The number of amides is 1. The van der Waals surface area contributed by atoms with E-state index in [0.29, 0.717) is 5.92 Å². The maximum atomic E-state index is 10.7. The first kappa shape index (κ1) is 12.1. The van der Waals surface area contributed by atoms with Crippen LogP contribution in [0.4, 0.5) is 0 Å². The van der Waals surface area contributed by atoms with Crippen molar-refractivity contribution < 1.29 is 4.79 Å². The maximum absolute atomic E-state index is 10.7. The van der Waals surface area contributed by atoms with Gasteiger partial charge < -0.3 is 11.5 Å². The number of nitrogens with two attached hydrogens (primary N) is 2. The first-order chi connectivity index (χ1) is 5.22. The minimum Gasteiger partial charge on any atom is -0.368 e. The highest BCUT2D eigenvalue weighted by Gasteiger charge is 2.24. The molecule has 1 rings (SSSR count). The molecular formula is C7H15ClN2OS. The Morgan fingerprint density at radius 1 is 1.42 bits per heavy atom. The van der Waals surface area contributed by atoms with Gasteiger partial charge in [-0.15, -0.1) is 12.4 Å². The molecule has 1 unspecified atom stereocenters. The van der Waals surface area contributed by atoms with Crippen molar-refractivity contribution in [3.63, 3.8) is 0 Å². The Kier molecular flexibility index (Phi) is 5.70. The van der Waals surface area contributed by atoms with E-state index in [9.17, 15) is 4.79 Å². The molecule has 1 fully saturated rings. The summed E-state index contributed by atoms with van der Waals surface area (Å²) in [5.74, 6) is 2.20. The van der Waals surface area contributed by atoms with Gasteiger partial charge >= 0.3 is 0 Å². The SMILES string of the molecule is Cl.NC(=O)C(N)C1CCSCC1. The van der Waals surface area contributed by atoms with Crippen LogP contribution in [0.25, 0.3) is 0 Å². The normalized spacial score (nSPS) is 21.1. The van der Waals surface area contributed by atoms with Gasteiger partial charge in [0.2, 0.25) is 5.91 Å². The van der Waals surface area contributed by atoms with Crippen LogP contribution in [-0.2, 0) is 4.79 Å². The number of hydrogen-bond donors (Lipinski definition) is 2. The molecule has 0 aromatic rings. The van der Waals surface area contributed by atoms with Crippen molar-refractivity contribution in [2.45, 2.75) is 18.9 Å². The molecule has 3 nitrogen and oxygen atoms in total. The molecule has 1 amide bonds. The van der Waals surface area contributed by atoms with Gasteiger partial charge in [0, 0.05) is 0 Å². The summed E-state index contributed by atoms with van der Waals surface area (Å²) < 4.78 is 0. The Balaban J connectivity index is 0.00000121. The van der Waals surface area contributed by atoms with Gasteiger partial charge in [-0.2, -0.15) is 11.8 Å². The molecule has 1 atom stereocenters. The third-order valence-corrected chi connectivity index (χ3v) is 3.15. The first-order valence-electron chi connectivity index (χ1n) is 3.84. The molecule has 0 spiro atoms. The number of carbonyl (C=O) groups excluding carboxylic acids is 1. The summed E-state index contributed by atoms with van der Waals surface area (Å²) in [6.45, 7) is 0. The summed E-state index contributed by atoms with van der Waals surface area (Å²) in [4.78, 5) is 10.7. The zero-order valence-electron chi connectivity index (χ0n) is 6.86. The standard InChI is InChI=1S/C7H14N2OS.ClH/c8-6(7(9)10)5-1-3-11-4-2-5;/h5-6H,1-4,8H2,(H2,9,10);1H. The zero-order chi connectivity index (χ0) is 8.27. The predicted molar refractivity (Wildman–Crippen MR) is 54.5 cm³/mol. The van der Waals surface area contributed by atoms with Gasteiger partial charge in [0.25, 0.3) is 0 Å². The summed E-state index contributed by atoms with van der Waals surface area (Å²) in [5.41, 5.74) is 10.7. The van der Waals surface area contributed by atoms with E-state index in [2.05, 4.69) is 0 Å². The average molecular weight is 211 g/mol. The van der Waals surface area contributed by atoms with Crippen LogP contribution in [0.2, 0.25) is 0 Å². The van der Waals surface area contributed by atoms with E-state index in [1.807, 2.05) is 11.8 Å². The van der Waals surface area contributed by atoms with Crippen molar-refractivity contribution in [1.29, 1.82) is 0 Å². The van der Waals surface area contributed by atoms with E-state index in [0.717, 1.165) is 24.3 Å². The second-order valence-corrected chi connectivity index (χ2v) is 4.10. The van der Waals surface area contributed by atoms with Crippen LogP contribution < -0.4 is 11.5 Å². The van der Waals surface area contributed by atoms with Crippen molar-refractivity contribution in [1.82, 2.24) is 0 Å². The van der Waals surface area contributed by atoms with Crippen LogP contribution >= 0.6 is 24.2 Å². The zero-order valence-corrected chi connectivity index (χ0v) is 8.50. The fourth-order valence-electron chi connectivity index (χ4n) is 1.31. The summed E-state index contributed by atoms with van der Waals surface area (Å²) in [6.07, 6.45) is 2.07. The highest BCUT2D eigenvalue weighted by atomic mass is 35.5. The molecule has 0 bridgehead atoms. The molecule has 0 aromatic carbocycles. The second-order valence-electron chi connectivity index (χ2n) is 2.88. The number of halogens is 1. The fraction of sp³-hybridized carbons (Fsp3) is 0.857. The Morgan fingerprint density at radius 3 is 2.33 bits per heavy atom. The van der Waals surface area contributed by atoms with Crippen molar-refractivity contribution in [2.75, 3.05) is 11.5 Å². The molecule has 1 saturated heterocycles. The van der Waals surface area contributed by atoms with E-state index in [-0.39, 0.29) is 18.3 Å². The largest absolute Gasteiger partial charge is 0.368 e. The summed E-state index contributed by atoms with van der Waals surface area (Å²) in [6, 6.07) is -0.420. The van der Waals surface area contributed by atoms with Crippen LogP contribution in [0.5, 0.6) is 0 Å². The minimum atomic E-state index is -0.420. The van der Waals surface area contributed by atoms with Gasteiger partial charge in [0.1, 0.15) is 0 Å². The van der Waals surface area contributed by atoms with E-state index in [1.165, 1.54) is 0 Å². The van der Waals surface area contributed by atoms with Crippen molar-refractivity contribution in [3.8, 4) is 0 Å². The van der Waals surface area contributed by atoms with Crippen LogP contribution in [-0.4, -0.2) is 23.5 Å². The number of hydrogen-bond acceptors (Lipinski definition) is 3. The van der Waals surface area contributed by atoms with Gasteiger partial charge in [-0.25, -0.2) is 0 Å². The highest BCUT2D eigenvalue weighted by Crippen LogP contribution is 2.24. The van der Waals surface area contributed by atoms with Gasteiger partial charge in [0.15, 0.2) is 0 Å². The molecule has 0 radical (unpaired) electrons. The number of primary amides is 1. The molecule has 1 aliphatic heterocycles. The average Bonchev–Trinajstić information content (AvgIpc) is 2.05. The van der Waals surface area contributed by atoms with E-state index in [4.69, 9.17) is 11.5 Å². The Bertz CT molecular complexity index is 150. The monoisotopic (exact) mass is 210 g/mol. The number of thioether (sulfide) groups is 1. The third-order valence-electron chi connectivity index (χ3n) is 2.10. The quantitative estimate of drug-likeness (QED) is 0.692. The predicted octanol–water partition coefficient (Wildman–Crippen LogP) is 0.364. The van der Waals surface area contributed by atoms with Crippen LogP contribution in [0.1, 0.15) is 12.8 Å². The molecule has 5 heteroatoms. The van der Waals surface area contributed by atoms with Crippen molar-refractivity contribution in [3.05, 3.63) is 0 Å². The fourth-order valence-corrected chi connectivity index (χ4v) is 2.45. The van der Waals surface area contributed by atoms with Crippen molar-refractivity contribution >= 4 is 30.1 Å². The summed E-state index contributed by atoms with van der Waals surface area (Å²) in [7, 11) is 0. The molecule has 72 valence electrons. The van der Waals surface area contributed by atoms with E-state index in [1.54, 1.807) is 0 Å². The lowest BCUT2D eigenvalue weighted by Crippen LogP contribution is -2.43. The van der Waals surface area contributed by atoms with Gasteiger partial charge in [-0.3, -0.25) is 4.79 Å². The third kappa shape index (κ3) is 3.21. The van der Waals surface area contributed by atoms with Gasteiger partial charge in [-0.1, -0.05) is 0 Å². The summed E-state index contributed by atoms with van der Waals surface area (Å²) in [5, 5.41) is 0. The number of carbonyl (C=O) groups is 1. The molecule has 4 N–H and O–H groups in total. The Morgan fingerprint density at radius 2 is 1.92 bits per heavy atom. The summed E-state index contributed by atoms with van der Waals surface area (Å²) >= 11 is 1.92. The molecule has 0 saturated carbocycles. The van der Waals surface area contributed by atoms with Gasteiger partial charge in [0.05, 0.1) is 6.04 Å². The number of rotatable bonds is 2. The lowest BCUT2D eigenvalue weighted by atomic mass is 9.94. The lowest BCUT2D eigenvalue weighted by Gasteiger charge is -2.24. The highest BCUT2D eigenvalue weighted by molar-refractivity contribution is 7.99. The molecule has 12 heavy (non-hydrogen) atoms. The smallest absolute Gasteiger partial charge is 0.234 e. The first-order valence-corrected chi connectivity index (χ1v) is 5.00. The Labute approximate surface area is 83.0 Å². The van der Waals surface area contributed by atoms with Crippen LogP contribution in [0.15, 0.2) is 0 Å². The van der Waals surface area contributed by atoms with Gasteiger partial charge in [-0.05, 0) is 30.3 Å². The van der Waals surface area contributed by atoms with Crippen LogP contribution in [0.3, 0.4) is 0 Å². The molecular weight excluding hydrogens is 196 g/mol. The Hall–Kier alpha value is 0.0700. The van der Waals surface area contributed by atoms with Crippen LogP contribution in [0, 0.1) is 5.92 Å². The minimum absolute atomic E-state index is 0. The molecule has 1 heterocycles. The molecule has 0 aliphatic carbocycles. The maximum Gasteiger partial charge on any atom is 0.234 e. The molecule has 1 aliphatic rings.